The molecule has 0 bridgehead atoms. The van der Waals surface area contributed by atoms with Gasteiger partial charge in [-0.05, 0) is 29.5 Å². The summed E-state index contributed by atoms with van der Waals surface area (Å²) in [5.41, 5.74) is 0.857. The van der Waals surface area contributed by atoms with Crippen molar-refractivity contribution in [1.82, 2.24) is 10.0 Å². The van der Waals surface area contributed by atoms with E-state index in [0.717, 1.165) is 5.56 Å². The van der Waals surface area contributed by atoms with Gasteiger partial charge in [-0.25, -0.2) is 0 Å². The van der Waals surface area contributed by atoms with Crippen LogP contribution >= 0.6 is 12.8 Å². The predicted octanol–water partition coefficient (Wildman–Crippen LogP) is 2.27. The van der Waals surface area contributed by atoms with Crippen LogP contribution in [0.2, 0.25) is 0 Å². The van der Waals surface area contributed by atoms with E-state index in [1.165, 1.54) is 13.8 Å². The molecule has 1 saturated heterocycles. The summed E-state index contributed by atoms with van der Waals surface area (Å²) in [5, 5.41) is 2.61. The number of hydrogen-bond donors (Lipinski definition) is 3. The van der Waals surface area contributed by atoms with Gasteiger partial charge in [0, 0.05) is 26.2 Å². The first-order valence-corrected chi connectivity index (χ1v) is 10.8. The van der Waals surface area contributed by atoms with Crippen LogP contribution in [0.25, 0.3) is 0 Å². The number of nitrogens with one attached hydrogen (secondary N) is 2. The molecule has 1 aromatic rings. The molecule has 9 heteroatoms. The minimum Gasteiger partial charge on any atom is -0.465 e. The Hall–Kier alpha value is -2.26. The Morgan fingerprint density at radius 3 is 2.26 bits per heavy atom. The Morgan fingerprint density at radius 2 is 1.71 bits per heavy atom. The molecule has 1 aromatic carbocycles. The van der Waals surface area contributed by atoms with Gasteiger partial charge in [-0.15, -0.1) is 0 Å². The van der Waals surface area contributed by atoms with Crippen LogP contribution in [0.5, 0.6) is 5.75 Å². The third kappa shape index (κ3) is 7.14. The highest BCUT2D eigenvalue weighted by Gasteiger charge is 2.40. The monoisotopic (exact) mass is 452 g/mol. The molecule has 2 N–H and O–H groups in total. The van der Waals surface area contributed by atoms with E-state index in [-0.39, 0.29) is 42.3 Å². The van der Waals surface area contributed by atoms with Crippen LogP contribution in [0.15, 0.2) is 24.3 Å². The maximum atomic E-state index is 11.9. The molecule has 0 saturated carbocycles. The van der Waals surface area contributed by atoms with Crippen molar-refractivity contribution in [2.24, 2.45) is 17.8 Å². The number of esters is 1. The third-order valence-electron chi connectivity index (χ3n) is 5.85. The molecule has 6 atom stereocenters. The van der Waals surface area contributed by atoms with Crippen LogP contribution in [0, 0.1) is 17.8 Å². The lowest BCUT2D eigenvalue weighted by Gasteiger charge is -2.43. The molecule has 2 rings (SSSR count). The second-order valence-electron chi connectivity index (χ2n) is 8.12. The molecule has 8 nitrogen and oxygen atoms in total. The summed E-state index contributed by atoms with van der Waals surface area (Å²) in [7, 11) is 0. The minimum absolute atomic E-state index is 0.145. The van der Waals surface area contributed by atoms with Crippen LogP contribution in [0.4, 0.5) is 0 Å². The molecule has 2 amide bonds. The molecule has 0 radical (unpaired) electrons. The fourth-order valence-electron chi connectivity index (χ4n) is 3.62. The Bertz CT molecular complexity index is 772. The number of thiol groups is 1. The number of hydrogen-bond acceptors (Lipinski definition) is 7. The van der Waals surface area contributed by atoms with Crippen LogP contribution in [-0.4, -0.2) is 42.8 Å². The van der Waals surface area contributed by atoms with Gasteiger partial charge in [0.2, 0.25) is 12.2 Å². The van der Waals surface area contributed by atoms with Gasteiger partial charge in [0.05, 0.1) is 6.10 Å². The summed E-state index contributed by atoms with van der Waals surface area (Å²) in [4.78, 5) is 34.5. The van der Waals surface area contributed by atoms with Crippen LogP contribution in [0.3, 0.4) is 0 Å². The van der Waals surface area contributed by atoms with E-state index < -0.39 is 12.3 Å². The highest BCUT2D eigenvalue weighted by molar-refractivity contribution is 7.78. The average Bonchev–Trinajstić information content (AvgIpc) is 2.73. The van der Waals surface area contributed by atoms with E-state index in [1.807, 2.05) is 12.1 Å². The molecule has 0 aromatic heterocycles. The van der Waals surface area contributed by atoms with Gasteiger partial charge in [-0.3, -0.25) is 14.4 Å². The van der Waals surface area contributed by atoms with Gasteiger partial charge < -0.3 is 24.2 Å². The lowest BCUT2D eigenvalue weighted by atomic mass is 9.79. The van der Waals surface area contributed by atoms with Crippen molar-refractivity contribution in [2.75, 3.05) is 6.61 Å². The lowest BCUT2D eigenvalue weighted by molar-refractivity contribution is -0.223. The van der Waals surface area contributed by atoms with E-state index in [2.05, 4.69) is 43.6 Å². The topological polar surface area (TPSA) is 103 Å². The zero-order valence-electron chi connectivity index (χ0n) is 18.6. The van der Waals surface area contributed by atoms with Crippen molar-refractivity contribution in [3.63, 3.8) is 0 Å². The van der Waals surface area contributed by atoms with Gasteiger partial charge in [0.15, 0.2) is 0 Å². The van der Waals surface area contributed by atoms with E-state index in [4.69, 9.17) is 14.2 Å². The largest absolute Gasteiger partial charge is 0.465 e. The highest BCUT2D eigenvalue weighted by atomic mass is 32.1. The number of amides is 2. The van der Waals surface area contributed by atoms with Gasteiger partial charge in [0.1, 0.15) is 18.4 Å². The molecule has 0 aliphatic carbocycles. The summed E-state index contributed by atoms with van der Waals surface area (Å²) in [6.07, 6.45) is -0.390. The Labute approximate surface area is 188 Å². The van der Waals surface area contributed by atoms with Gasteiger partial charge >= 0.3 is 5.97 Å². The van der Waals surface area contributed by atoms with Crippen LogP contribution in [0.1, 0.15) is 40.2 Å². The summed E-state index contributed by atoms with van der Waals surface area (Å²) >= 11 is 3.78. The van der Waals surface area contributed by atoms with Crippen molar-refractivity contribution < 1.29 is 28.6 Å². The summed E-state index contributed by atoms with van der Waals surface area (Å²) in [6.45, 7) is 9.25. The molecule has 1 fully saturated rings. The summed E-state index contributed by atoms with van der Waals surface area (Å²) in [6, 6.07) is 6.57. The highest BCUT2D eigenvalue weighted by Crippen LogP contribution is 2.36. The van der Waals surface area contributed by atoms with Crippen molar-refractivity contribution in [3.8, 4) is 5.75 Å². The zero-order chi connectivity index (χ0) is 23.1. The molecule has 0 spiro atoms. The van der Waals surface area contributed by atoms with Crippen LogP contribution in [-0.2, 0) is 30.3 Å². The molecule has 172 valence electrons. The first kappa shape index (κ1) is 25.0. The summed E-state index contributed by atoms with van der Waals surface area (Å²) < 4.78 is 19.6. The second kappa shape index (κ2) is 11.4. The first-order chi connectivity index (χ1) is 14.6. The number of benzene rings is 1. The molecule has 1 heterocycles. The fraction of sp³-hybridized carbons (Fsp3) is 0.591. The molecular weight excluding hydrogens is 420 g/mol. The number of carbonyl (C=O) groups excluding carboxylic acids is 3. The van der Waals surface area contributed by atoms with Crippen molar-refractivity contribution in [2.45, 2.75) is 59.5 Å². The van der Waals surface area contributed by atoms with E-state index in [9.17, 15) is 14.4 Å². The SMILES string of the molecule is CC(=O)N[C@@H](Cc1ccc(OC2OC(COC(C)=O)C(C)C(C)C2C)cc1)C(=O)NS. The average molecular weight is 453 g/mol. The lowest BCUT2D eigenvalue weighted by Crippen LogP contribution is -2.49. The second-order valence-corrected chi connectivity index (χ2v) is 8.34. The van der Waals surface area contributed by atoms with Crippen molar-refractivity contribution in [1.29, 1.82) is 0 Å². The van der Waals surface area contributed by atoms with Crippen molar-refractivity contribution in [3.05, 3.63) is 29.8 Å². The Kier molecular flexibility index (Phi) is 9.18. The van der Waals surface area contributed by atoms with E-state index in [0.29, 0.717) is 18.1 Å². The zero-order valence-corrected chi connectivity index (χ0v) is 19.5. The number of rotatable bonds is 8. The standard InChI is InChI=1S/C22H32N2O6S/c1-12-13(2)20(11-28-16(5)26)30-22(14(12)3)29-18-8-6-17(7-9-18)10-19(21(27)24-31)23-15(4)25/h6-9,12-14,19-20,22,31H,10-11H2,1-5H3,(H,23,25)(H,24,27)/t12?,13?,14?,19-,20?,22?/m0/s1. The maximum Gasteiger partial charge on any atom is 0.302 e. The van der Waals surface area contributed by atoms with Crippen molar-refractivity contribution >= 4 is 30.6 Å². The van der Waals surface area contributed by atoms with E-state index >= 15 is 0 Å². The maximum absolute atomic E-state index is 11.9. The Morgan fingerprint density at radius 1 is 1.06 bits per heavy atom. The Balaban J connectivity index is 2.04. The molecule has 1 aliphatic heterocycles. The molecule has 1 aliphatic rings. The fourth-order valence-corrected chi connectivity index (χ4v) is 3.77. The third-order valence-corrected chi connectivity index (χ3v) is 6.07. The molecule has 5 unspecified atom stereocenters. The quantitative estimate of drug-likeness (QED) is 0.413. The smallest absolute Gasteiger partial charge is 0.302 e. The van der Waals surface area contributed by atoms with Gasteiger partial charge in [0.25, 0.3) is 5.91 Å². The van der Waals surface area contributed by atoms with Gasteiger partial charge in [-0.2, -0.15) is 0 Å². The molecule has 31 heavy (non-hydrogen) atoms. The number of ether oxygens (including phenoxy) is 3. The van der Waals surface area contributed by atoms with Crippen LogP contribution < -0.4 is 14.8 Å². The first-order valence-electron chi connectivity index (χ1n) is 10.4. The number of carbonyl (C=O) groups is 3. The van der Waals surface area contributed by atoms with Gasteiger partial charge in [-0.1, -0.05) is 45.7 Å². The normalized spacial score (nSPS) is 26.5. The molecular formula is C22H32N2O6S. The predicted molar refractivity (Wildman–Crippen MR) is 118 cm³/mol. The minimum atomic E-state index is -0.715. The summed E-state index contributed by atoms with van der Waals surface area (Å²) in [5.74, 6) is 0.299. The van der Waals surface area contributed by atoms with E-state index in [1.54, 1.807) is 12.1 Å².